The lowest BCUT2D eigenvalue weighted by atomic mass is 9.82. The maximum Gasteiger partial charge on any atom is 0.0344 e. The van der Waals surface area contributed by atoms with Gasteiger partial charge in [0.05, 0.1) is 0 Å². The molecule has 0 radical (unpaired) electrons. The second kappa shape index (κ2) is 3.74. The third-order valence-electron chi connectivity index (χ3n) is 2.82. The maximum atomic E-state index is 6.19. The van der Waals surface area contributed by atoms with Gasteiger partial charge in [0.1, 0.15) is 0 Å². The van der Waals surface area contributed by atoms with Crippen molar-refractivity contribution in [3.8, 4) is 0 Å². The minimum atomic E-state index is 0.113. The van der Waals surface area contributed by atoms with Crippen molar-refractivity contribution in [1.82, 2.24) is 0 Å². The van der Waals surface area contributed by atoms with Crippen molar-refractivity contribution in [3.63, 3.8) is 0 Å². The van der Waals surface area contributed by atoms with Gasteiger partial charge >= 0.3 is 0 Å². The van der Waals surface area contributed by atoms with Gasteiger partial charge in [0.25, 0.3) is 0 Å². The Bertz CT molecular complexity index is 320. The van der Waals surface area contributed by atoms with E-state index in [4.69, 9.17) is 5.73 Å². The van der Waals surface area contributed by atoms with Crippen LogP contribution in [0.15, 0.2) is 18.2 Å². The molecule has 1 nitrogen and oxygen atoms in total. The molecule has 0 heterocycles. The Balaban J connectivity index is 3.03. The molecule has 0 aliphatic heterocycles. The lowest BCUT2D eigenvalue weighted by Crippen LogP contribution is -2.26. The number of rotatable bonds is 1. The highest BCUT2D eigenvalue weighted by Gasteiger charge is 2.22. The smallest absolute Gasteiger partial charge is 0.0344 e. The van der Waals surface area contributed by atoms with Crippen molar-refractivity contribution in [2.45, 2.75) is 40.7 Å². The third-order valence-corrected chi connectivity index (χ3v) is 2.82. The Labute approximate surface area is 87.3 Å². The van der Waals surface area contributed by atoms with Crippen molar-refractivity contribution >= 4 is 0 Å². The Kier molecular flexibility index (Phi) is 3.01. The van der Waals surface area contributed by atoms with Crippen LogP contribution in [-0.4, -0.2) is 0 Å². The lowest BCUT2D eigenvalue weighted by Gasteiger charge is -2.27. The molecule has 2 N–H and O–H groups in total. The first-order chi connectivity index (χ1) is 6.32. The highest BCUT2D eigenvalue weighted by Crippen LogP contribution is 2.30. The fourth-order valence-corrected chi connectivity index (χ4v) is 1.46. The minimum Gasteiger partial charge on any atom is -0.324 e. The number of aryl methyl sites for hydroxylation is 2. The highest BCUT2D eigenvalue weighted by molar-refractivity contribution is 5.32. The summed E-state index contributed by atoms with van der Waals surface area (Å²) in [5, 5.41) is 0. The van der Waals surface area contributed by atoms with Crippen molar-refractivity contribution in [3.05, 3.63) is 34.9 Å². The fraction of sp³-hybridized carbons (Fsp3) is 0.538. The molecule has 1 atom stereocenters. The summed E-state index contributed by atoms with van der Waals surface area (Å²) in [6, 6.07) is 6.60. The van der Waals surface area contributed by atoms with Gasteiger partial charge in [-0.2, -0.15) is 0 Å². The van der Waals surface area contributed by atoms with Crippen LogP contribution in [0.25, 0.3) is 0 Å². The number of hydrogen-bond donors (Lipinski definition) is 1. The quantitative estimate of drug-likeness (QED) is 0.723. The van der Waals surface area contributed by atoms with Crippen LogP contribution >= 0.6 is 0 Å². The molecule has 1 rings (SSSR count). The molecule has 1 heteroatoms. The lowest BCUT2D eigenvalue weighted by molar-refractivity contribution is 0.327. The topological polar surface area (TPSA) is 26.0 Å². The van der Waals surface area contributed by atoms with Crippen LogP contribution in [0, 0.1) is 19.3 Å². The molecule has 0 fully saturated rings. The van der Waals surface area contributed by atoms with Gasteiger partial charge in [0.2, 0.25) is 0 Å². The number of benzene rings is 1. The van der Waals surface area contributed by atoms with E-state index in [0.717, 1.165) is 0 Å². The minimum absolute atomic E-state index is 0.113. The standard InChI is InChI=1S/C13H21N/c1-9-6-7-11(8-10(9)2)12(14)13(3,4)5/h6-8,12H,14H2,1-5H3/t12-/m0/s1. The molecule has 1 aromatic rings. The Morgan fingerprint density at radius 2 is 1.64 bits per heavy atom. The summed E-state index contributed by atoms with van der Waals surface area (Å²) in [4.78, 5) is 0. The Morgan fingerprint density at radius 1 is 1.07 bits per heavy atom. The van der Waals surface area contributed by atoms with Gasteiger partial charge in [-0.1, -0.05) is 39.0 Å². The van der Waals surface area contributed by atoms with E-state index in [2.05, 4.69) is 52.8 Å². The van der Waals surface area contributed by atoms with Crippen molar-refractivity contribution < 1.29 is 0 Å². The fourth-order valence-electron chi connectivity index (χ4n) is 1.46. The molecule has 0 spiro atoms. The zero-order valence-corrected chi connectivity index (χ0v) is 9.89. The molecule has 78 valence electrons. The maximum absolute atomic E-state index is 6.19. The van der Waals surface area contributed by atoms with E-state index in [1.807, 2.05) is 0 Å². The zero-order valence-electron chi connectivity index (χ0n) is 9.89. The van der Waals surface area contributed by atoms with Crippen LogP contribution in [0.2, 0.25) is 0 Å². The SMILES string of the molecule is Cc1ccc([C@H](N)C(C)(C)C)cc1C. The molecule has 0 bridgehead atoms. The van der Waals surface area contributed by atoms with Crippen LogP contribution in [0.3, 0.4) is 0 Å². The first-order valence-electron chi connectivity index (χ1n) is 5.15. The van der Waals surface area contributed by atoms with E-state index in [1.54, 1.807) is 0 Å². The summed E-state index contributed by atoms with van der Waals surface area (Å²) in [6.07, 6.45) is 0. The molecule has 14 heavy (non-hydrogen) atoms. The molecule has 1 aromatic carbocycles. The summed E-state index contributed by atoms with van der Waals surface area (Å²) < 4.78 is 0. The van der Waals surface area contributed by atoms with Gasteiger partial charge < -0.3 is 5.73 Å². The van der Waals surface area contributed by atoms with Gasteiger partial charge in [-0.3, -0.25) is 0 Å². The molecule has 0 saturated heterocycles. The van der Waals surface area contributed by atoms with Gasteiger partial charge in [-0.05, 0) is 36.0 Å². The van der Waals surface area contributed by atoms with Gasteiger partial charge in [0, 0.05) is 6.04 Å². The summed E-state index contributed by atoms with van der Waals surface area (Å²) in [6.45, 7) is 10.8. The van der Waals surface area contributed by atoms with Crippen LogP contribution in [0.1, 0.15) is 43.5 Å². The second-order valence-electron chi connectivity index (χ2n) is 5.19. The van der Waals surface area contributed by atoms with Gasteiger partial charge in [-0.15, -0.1) is 0 Å². The normalized spacial score (nSPS) is 14.1. The van der Waals surface area contributed by atoms with Crippen LogP contribution in [-0.2, 0) is 0 Å². The summed E-state index contributed by atoms with van der Waals surface area (Å²) >= 11 is 0. The molecular formula is C13H21N. The molecule has 0 aliphatic carbocycles. The van der Waals surface area contributed by atoms with E-state index < -0.39 is 0 Å². The van der Waals surface area contributed by atoms with E-state index in [-0.39, 0.29) is 11.5 Å². The van der Waals surface area contributed by atoms with E-state index in [9.17, 15) is 0 Å². The first kappa shape index (κ1) is 11.3. The highest BCUT2D eigenvalue weighted by atomic mass is 14.7. The third kappa shape index (κ3) is 2.36. The van der Waals surface area contributed by atoms with Crippen LogP contribution in [0.5, 0.6) is 0 Å². The molecule has 0 unspecified atom stereocenters. The van der Waals surface area contributed by atoms with Gasteiger partial charge in [-0.25, -0.2) is 0 Å². The van der Waals surface area contributed by atoms with Crippen molar-refractivity contribution in [1.29, 1.82) is 0 Å². The summed E-state index contributed by atoms with van der Waals surface area (Å²) in [5.41, 5.74) is 10.2. The zero-order chi connectivity index (χ0) is 10.9. The largest absolute Gasteiger partial charge is 0.324 e. The predicted molar refractivity (Wildman–Crippen MR) is 62.3 cm³/mol. The molecule has 0 aliphatic rings. The second-order valence-corrected chi connectivity index (χ2v) is 5.19. The number of nitrogens with two attached hydrogens (primary N) is 1. The Hall–Kier alpha value is -0.820. The van der Waals surface area contributed by atoms with Crippen LogP contribution in [0.4, 0.5) is 0 Å². The predicted octanol–water partition coefficient (Wildman–Crippen LogP) is 3.35. The van der Waals surface area contributed by atoms with E-state index in [0.29, 0.717) is 0 Å². The number of hydrogen-bond acceptors (Lipinski definition) is 1. The van der Waals surface area contributed by atoms with E-state index >= 15 is 0 Å². The van der Waals surface area contributed by atoms with Crippen LogP contribution < -0.4 is 5.73 Å². The molecule has 0 amide bonds. The molecule has 0 aromatic heterocycles. The molecular weight excluding hydrogens is 170 g/mol. The summed E-state index contributed by atoms with van der Waals surface area (Å²) in [5.74, 6) is 0. The van der Waals surface area contributed by atoms with Crippen molar-refractivity contribution in [2.24, 2.45) is 11.1 Å². The molecule has 0 saturated carbocycles. The average molecular weight is 191 g/mol. The van der Waals surface area contributed by atoms with Gasteiger partial charge in [0.15, 0.2) is 0 Å². The first-order valence-corrected chi connectivity index (χ1v) is 5.15. The van der Waals surface area contributed by atoms with E-state index in [1.165, 1.54) is 16.7 Å². The Morgan fingerprint density at radius 3 is 2.07 bits per heavy atom. The van der Waals surface area contributed by atoms with Crippen molar-refractivity contribution in [2.75, 3.05) is 0 Å². The monoisotopic (exact) mass is 191 g/mol. The average Bonchev–Trinajstić information content (AvgIpc) is 2.07. The summed E-state index contributed by atoms with van der Waals surface area (Å²) in [7, 11) is 0.